The molecule has 5 heterocycles. The van der Waals surface area contributed by atoms with Gasteiger partial charge in [-0.15, -0.1) is 11.8 Å². The molecule has 1 amide bonds. The molecule has 38 heavy (non-hydrogen) atoms. The maximum atomic E-state index is 15.2. The van der Waals surface area contributed by atoms with Gasteiger partial charge in [0.25, 0.3) is 0 Å². The van der Waals surface area contributed by atoms with Crippen LogP contribution >= 0.6 is 11.8 Å². The fraction of sp³-hybridized carbons (Fsp3) is 0.481. The van der Waals surface area contributed by atoms with Crippen LogP contribution in [0.1, 0.15) is 31.4 Å². The largest absolute Gasteiger partial charge is 0.481 e. The summed E-state index contributed by atoms with van der Waals surface area (Å²) in [5.74, 6) is 1.37. The maximum absolute atomic E-state index is 15.2. The minimum absolute atomic E-state index is 0.0198. The molecule has 200 valence electrons. The summed E-state index contributed by atoms with van der Waals surface area (Å²) in [7, 11) is 1.54. The Bertz CT molecular complexity index is 1380. The highest BCUT2D eigenvalue weighted by Crippen LogP contribution is 2.48. The molecule has 3 aromatic heterocycles. The van der Waals surface area contributed by atoms with Crippen LogP contribution in [0.25, 0.3) is 11.0 Å². The number of piperidine rings is 1. The van der Waals surface area contributed by atoms with Crippen LogP contribution in [-0.2, 0) is 11.3 Å². The summed E-state index contributed by atoms with van der Waals surface area (Å²) in [6, 6.07) is 7.84. The van der Waals surface area contributed by atoms with Crippen molar-refractivity contribution < 1.29 is 19.0 Å². The lowest BCUT2D eigenvalue weighted by molar-refractivity contribution is -0.113. The second-order valence-electron chi connectivity index (χ2n) is 10.4. The second kappa shape index (κ2) is 10.3. The topological polar surface area (TPSA) is 112 Å². The molecule has 1 saturated heterocycles. The Morgan fingerprint density at radius 3 is 3.03 bits per heavy atom. The lowest BCUT2D eigenvalue weighted by Gasteiger charge is -2.52. The molecule has 3 unspecified atom stereocenters. The van der Waals surface area contributed by atoms with Gasteiger partial charge < -0.3 is 25.4 Å². The van der Waals surface area contributed by atoms with Crippen LogP contribution in [-0.4, -0.2) is 64.6 Å². The predicted octanol–water partition coefficient (Wildman–Crippen LogP) is 3.36. The zero-order chi connectivity index (χ0) is 26.3. The SMILES string of the molecule is COc1ccc2ncc(F)c(N3CCC4CC(NCc5ccc6c(n5)NC(=O)CS6)CCC4(CO)C3)c2n1. The summed E-state index contributed by atoms with van der Waals surface area (Å²) in [5, 5.41) is 17.1. The number of nitrogens with zero attached hydrogens (tertiary/aromatic N) is 4. The van der Waals surface area contributed by atoms with E-state index in [4.69, 9.17) is 4.74 Å². The molecule has 3 aliphatic rings. The van der Waals surface area contributed by atoms with Gasteiger partial charge in [-0.3, -0.25) is 9.78 Å². The smallest absolute Gasteiger partial charge is 0.235 e. The Hall–Kier alpha value is -3.02. The van der Waals surface area contributed by atoms with Crippen molar-refractivity contribution in [3.63, 3.8) is 0 Å². The van der Waals surface area contributed by atoms with Crippen molar-refractivity contribution in [2.24, 2.45) is 11.3 Å². The summed E-state index contributed by atoms with van der Waals surface area (Å²) in [5.41, 5.74) is 2.12. The number of thioether (sulfide) groups is 1. The van der Waals surface area contributed by atoms with E-state index in [1.165, 1.54) is 25.1 Å². The third-order valence-electron chi connectivity index (χ3n) is 8.24. The molecule has 0 radical (unpaired) electrons. The van der Waals surface area contributed by atoms with Crippen molar-refractivity contribution in [2.45, 2.75) is 43.2 Å². The van der Waals surface area contributed by atoms with Gasteiger partial charge in [0.1, 0.15) is 17.0 Å². The highest BCUT2D eigenvalue weighted by atomic mass is 32.2. The quantitative estimate of drug-likeness (QED) is 0.435. The van der Waals surface area contributed by atoms with E-state index in [1.807, 2.05) is 17.0 Å². The molecule has 1 aliphatic carbocycles. The Morgan fingerprint density at radius 2 is 2.18 bits per heavy atom. The molecule has 2 fully saturated rings. The predicted molar refractivity (Wildman–Crippen MR) is 144 cm³/mol. The first-order valence-corrected chi connectivity index (χ1v) is 14.0. The zero-order valence-corrected chi connectivity index (χ0v) is 22.1. The van der Waals surface area contributed by atoms with Gasteiger partial charge in [0.05, 0.1) is 41.8 Å². The van der Waals surface area contributed by atoms with Gasteiger partial charge >= 0.3 is 0 Å². The number of fused-ring (bicyclic) bond motifs is 3. The summed E-state index contributed by atoms with van der Waals surface area (Å²) in [6.45, 7) is 1.93. The number of halogens is 1. The van der Waals surface area contributed by atoms with Crippen LogP contribution in [0.2, 0.25) is 0 Å². The van der Waals surface area contributed by atoms with Crippen LogP contribution in [0.3, 0.4) is 0 Å². The van der Waals surface area contributed by atoms with Gasteiger partial charge in [-0.05, 0) is 49.8 Å². The van der Waals surface area contributed by atoms with Crippen molar-refractivity contribution in [3.8, 4) is 5.88 Å². The monoisotopic (exact) mass is 538 g/mol. The molecular weight excluding hydrogens is 507 g/mol. The Labute approximate surface area is 224 Å². The Morgan fingerprint density at radius 1 is 1.29 bits per heavy atom. The molecule has 2 aliphatic heterocycles. The number of carbonyl (C=O) groups is 1. The van der Waals surface area contributed by atoms with E-state index in [9.17, 15) is 9.90 Å². The summed E-state index contributed by atoms with van der Waals surface area (Å²) < 4.78 is 20.4. The first kappa shape index (κ1) is 25.3. The molecule has 9 nitrogen and oxygen atoms in total. The number of aromatic nitrogens is 3. The second-order valence-corrected chi connectivity index (χ2v) is 11.5. The molecule has 3 atom stereocenters. The highest BCUT2D eigenvalue weighted by molar-refractivity contribution is 8.00. The van der Waals surface area contributed by atoms with E-state index in [2.05, 4.69) is 25.6 Å². The number of aliphatic hydroxyl groups excluding tert-OH is 1. The molecule has 0 spiro atoms. The Balaban J connectivity index is 1.15. The van der Waals surface area contributed by atoms with Crippen LogP contribution < -0.4 is 20.3 Å². The maximum Gasteiger partial charge on any atom is 0.235 e. The standard InChI is InChI=1S/C27H31FN6O3S/c1-37-23-5-3-20-24(33-23)25(19(28)12-30-20)34-9-7-16-10-17(6-8-27(16,14-34)15-35)29-11-18-2-4-21-26(31-18)32-22(36)13-38-21/h2-5,12,16-17,29,35H,6-11,13-15H2,1H3,(H,31,32,36). The summed E-state index contributed by atoms with van der Waals surface area (Å²) >= 11 is 1.51. The van der Waals surface area contributed by atoms with E-state index in [-0.39, 0.29) is 17.9 Å². The number of anilines is 2. The molecule has 11 heteroatoms. The molecule has 0 bridgehead atoms. The van der Waals surface area contributed by atoms with Gasteiger partial charge in [0.2, 0.25) is 11.8 Å². The first-order valence-electron chi connectivity index (χ1n) is 13.0. The zero-order valence-electron chi connectivity index (χ0n) is 21.2. The highest BCUT2D eigenvalue weighted by Gasteiger charge is 2.47. The minimum Gasteiger partial charge on any atom is -0.481 e. The first-order chi connectivity index (χ1) is 18.5. The van der Waals surface area contributed by atoms with E-state index >= 15 is 4.39 Å². The lowest BCUT2D eigenvalue weighted by atomic mass is 9.62. The van der Waals surface area contributed by atoms with Crippen molar-refractivity contribution in [2.75, 3.05) is 42.8 Å². The van der Waals surface area contributed by atoms with E-state index in [0.717, 1.165) is 36.3 Å². The number of pyridine rings is 3. The van der Waals surface area contributed by atoms with Crippen LogP contribution in [0.15, 0.2) is 35.4 Å². The Kier molecular flexibility index (Phi) is 6.83. The molecule has 3 aromatic rings. The number of nitrogens with one attached hydrogen (secondary N) is 2. The van der Waals surface area contributed by atoms with Crippen molar-refractivity contribution in [1.29, 1.82) is 0 Å². The third kappa shape index (κ3) is 4.67. The molecule has 1 saturated carbocycles. The molecule has 0 aromatic carbocycles. The number of aliphatic hydroxyl groups is 1. The van der Waals surface area contributed by atoms with Gasteiger partial charge in [-0.2, -0.15) is 0 Å². The van der Waals surface area contributed by atoms with Gasteiger partial charge in [0.15, 0.2) is 5.82 Å². The van der Waals surface area contributed by atoms with Gasteiger partial charge in [0, 0.05) is 37.2 Å². The average molecular weight is 539 g/mol. The molecular formula is C27H31FN6O3S. The fourth-order valence-electron chi connectivity index (χ4n) is 6.19. The van der Waals surface area contributed by atoms with E-state index in [1.54, 1.807) is 12.1 Å². The number of hydrogen-bond acceptors (Lipinski definition) is 9. The van der Waals surface area contributed by atoms with Crippen molar-refractivity contribution in [3.05, 3.63) is 42.0 Å². The van der Waals surface area contributed by atoms with Gasteiger partial charge in [-0.1, -0.05) is 0 Å². The number of rotatable bonds is 6. The lowest BCUT2D eigenvalue weighted by Crippen LogP contribution is -2.55. The fourth-order valence-corrected chi connectivity index (χ4v) is 6.95. The van der Waals surface area contributed by atoms with Gasteiger partial charge in [-0.25, -0.2) is 14.4 Å². The molecule has 6 rings (SSSR count). The van der Waals surface area contributed by atoms with E-state index in [0.29, 0.717) is 65.8 Å². The minimum atomic E-state index is -0.410. The average Bonchev–Trinajstić information content (AvgIpc) is 2.95. The van der Waals surface area contributed by atoms with Crippen LogP contribution in [0.4, 0.5) is 15.9 Å². The molecule has 3 N–H and O–H groups in total. The number of amides is 1. The van der Waals surface area contributed by atoms with Crippen LogP contribution in [0.5, 0.6) is 5.88 Å². The summed E-state index contributed by atoms with van der Waals surface area (Å²) in [6.07, 6.45) is 4.80. The number of carbonyl (C=O) groups excluding carboxylic acids is 1. The van der Waals surface area contributed by atoms with Crippen LogP contribution in [0, 0.1) is 17.2 Å². The summed E-state index contributed by atoms with van der Waals surface area (Å²) in [4.78, 5) is 28.1. The number of hydrogen-bond donors (Lipinski definition) is 3. The number of methoxy groups -OCH3 is 1. The normalized spacial score (nSPS) is 25.0. The third-order valence-corrected chi connectivity index (χ3v) is 9.29. The van der Waals surface area contributed by atoms with Crippen molar-refractivity contribution >= 4 is 40.2 Å². The van der Waals surface area contributed by atoms with Crippen molar-refractivity contribution in [1.82, 2.24) is 20.3 Å². The number of ether oxygens (including phenoxy) is 1. The van der Waals surface area contributed by atoms with E-state index < -0.39 is 5.82 Å².